The van der Waals surface area contributed by atoms with Gasteiger partial charge in [0.25, 0.3) is 5.91 Å². The molecule has 8 heteroatoms. The first kappa shape index (κ1) is 17.8. The highest BCUT2D eigenvalue weighted by molar-refractivity contribution is 5.98. The van der Waals surface area contributed by atoms with Crippen molar-refractivity contribution < 1.29 is 14.3 Å². The highest BCUT2D eigenvalue weighted by Crippen LogP contribution is 2.24. The van der Waals surface area contributed by atoms with E-state index in [1.165, 1.54) is 0 Å². The second-order valence-corrected chi connectivity index (χ2v) is 7.18. The van der Waals surface area contributed by atoms with Crippen molar-refractivity contribution >= 4 is 28.8 Å². The maximum Gasteiger partial charge on any atom is 0.254 e. The number of aromatic nitrogens is 2. The Balaban J connectivity index is 1.62. The predicted molar refractivity (Wildman–Crippen MR) is 102 cm³/mol. The molecule has 144 valence electrons. The number of carbonyl (C=O) groups is 2. The van der Waals surface area contributed by atoms with Gasteiger partial charge in [-0.25, -0.2) is 4.98 Å². The molecule has 1 unspecified atom stereocenters. The molecule has 0 spiro atoms. The van der Waals surface area contributed by atoms with Crippen LogP contribution in [0.25, 0.3) is 11.0 Å². The number of imidazole rings is 1. The summed E-state index contributed by atoms with van der Waals surface area (Å²) in [6.07, 6.45) is 0.336. The smallest absolute Gasteiger partial charge is 0.254 e. The highest BCUT2D eigenvalue weighted by atomic mass is 16.5. The van der Waals surface area contributed by atoms with Gasteiger partial charge in [-0.1, -0.05) is 0 Å². The normalized spacial score (nSPS) is 21.3. The van der Waals surface area contributed by atoms with Crippen LogP contribution in [0.4, 0.5) is 5.95 Å². The Bertz CT molecular complexity index is 872. The lowest BCUT2D eigenvalue weighted by molar-refractivity contribution is -0.120. The van der Waals surface area contributed by atoms with Crippen LogP contribution >= 0.6 is 0 Å². The maximum absolute atomic E-state index is 13.0. The van der Waals surface area contributed by atoms with Gasteiger partial charge in [0.05, 0.1) is 24.2 Å². The lowest BCUT2D eigenvalue weighted by Gasteiger charge is -2.27. The molecule has 2 aliphatic rings. The predicted octanol–water partition coefficient (Wildman–Crippen LogP) is 0.761. The Hall–Kier alpha value is -2.61. The van der Waals surface area contributed by atoms with Crippen LogP contribution in [0.2, 0.25) is 0 Å². The van der Waals surface area contributed by atoms with Crippen molar-refractivity contribution in [3.63, 3.8) is 0 Å². The zero-order valence-corrected chi connectivity index (χ0v) is 15.8. The molecule has 1 N–H and O–H groups in total. The van der Waals surface area contributed by atoms with E-state index < -0.39 is 0 Å². The van der Waals surface area contributed by atoms with E-state index in [2.05, 4.69) is 14.8 Å². The average Bonchev–Trinajstić information content (AvgIpc) is 2.92. The lowest BCUT2D eigenvalue weighted by atomic mass is 10.1. The van der Waals surface area contributed by atoms with Crippen LogP contribution in [0, 0.1) is 0 Å². The van der Waals surface area contributed by atoms with Crippen molar-refractivity contribution in [3.05, 3.63) is 23.8 Å². The number of nitrogens with zero attached hydrogens (tertiary/aromatic N) is 4. The van der Waals surface area contributed by atoms with Gasteiger partial charge < -0.3 is 24.4 Å². The number of hydrogen-bond donors (Lipinski definition) is 1. The van der Waals surface area contributed by atoms with Crippen molar-refractivity contribution in [1.29, 1.82) is 0 Å². The molecule has 0 bridgehead atoms. The summed E-state index contributed by atoms with van der Waals surface area (Å²) in [5.74, 6) is 0.836. The van der Waals surface area contributed by atoms with E-state index in [-0.39, 0.29) is 17.9 Å². The Morgan fingerprint density at radius 3 is 2.81 bits per heavy atom. The van der Waals surface area contributed by atoms with Crippen LogP contribution in [-0.4, -0.2) is 71.7 Å². The van der Waals surface area contributed by atoms with Gasteiger partial charge in [-0.3, -0.25) is 9.59 Å². The van der Waals surface area contributed by atoms with Crippen molar-refractivity contribution in [1.82, 2.24) is 19.8 Å². The summed E-state index contributed by atoms with van der Waals surface area (Å²) in [5, 5.41) is 2.84. The Labute approximate surface area is 158 Å². The minimum atomic E-state index is -0.0560. The van der Waals surface area contributed by atoms with Crippen LogP contribution in [0.3, 0.4) is 0 Å². The number of aryl methyl sites for hydroxylation is 1. The summed E-state index contributed by atoms with van der Waals surface area (Å²) in [4.78, 5) is 33.4. The van der Waals surface area contributed by atoms with Crippen molar-refractivity contribution in [2.45, 2.75) is 19.4 Å². The number of amides is 2. The molecule has 1 atom stereocenters. The van der Waals surface area contributed by atoms with Crippen LogP contribution in [0.1, 0.15) is 23.7 Å². The molecule has 0 saturated carbocycles. The molecular formula is C19H25N5O3. The van der Waals surface area contributed by atoms with Gasteiger partial charge in [0.2, 0.25) is 11.9 Å². The van der Waals surface area contributed by atoms with E-state index in [1.54, 1.807) is 4.90 Å². The number of rotatable bonds is 2. The van der Waals surface area contributed by atoms with Crippen LogP contribution in [-0.2, 0) is 16.6 Å². The second kappa shape index (κ2) is 7.19. The third-order valence-electron chi connectivity index (χ3n) is 5.37. The molecule has 1 aromatic carbocycles. The first-order valence-electron chi connectivity index (χ1n) is 9.41. The van der Waals surface area contributed by atoms with Gasteiger partial charge in [-0.15, -0.1) is 0 Å². The molecule has 1 aromatic heterocycles. The number of carbonyl (C=O) groups excluding carboxylic acids is 2. The molecule has 2 aromatic rings. The van der Waals surface area contributed by atoms with E-state index in [1.807, 2.05) is 32.2 Å². The summed E-state index contributed by atoms with van der Waals surface area (Å²) >= 11 is 0. The fourth-order valence-corrected chi connectivity index (χ4v) is 3.74. The largest absolute Gasteiger partial charge is 0.378 e. The fourth-order valence-electron chi connectivity index (χ4n) is 3.74. The lowest BCUT2D eigenvalue weighted by Crippen LogP contribution is -2.41. The standard InChI is InChI=1S/C19H25N5O3/c1-13-12-20-17(25)5-6-24(13)18(26)14-3-4-16-15(11-14)21-19(22(16)2)23-7-9-27-10-8-23/h3-4,11,13H,5-10,12H2,1-2H3,(H,20,25). The number of morpholine rings is 1. The molecule has 2 fully saturated rings. The Morgan fingerprint density at radius 2 is 2.04 bits per heavy atom. The van der Waals surface area contributed by atoms with Crippen LogP contribution < -0.4 is 10.2 Å². The summed E-state index contributed by atoms with van der Waals surface area (Å²) < 4.78 is 7.48. The first-order valence-corrected chi connectivity index (χ1v) is 9.41. The number of nitrogens with one attached hydrogen (secondary N) is 1. The molecular weight excluding hydrogens is 346 g/mol. The van der Waals surface area contributed by atoms with E-state index in [0.29, 0.717) is 38.3 Å². The number of anilines is 1. The average molecular weight is 371 g/mol. The van der Waals surface area contributed by atoms with Crippen molar-refractivity contribution in [3.8, 4) is 0 Å². The van der Waals surface area contributed by atoms with Crippen LogP contribution in [0.15, 0.2) is 18.2 Å². The molecule has 8 nitrogen and oxygen atoms in total. The van der Waals surface area contributed by atoms with Crippen molar-refractivity contribution in [2.24, 2.45) is 7.05 Å². The van der Waals surface area contributed by atoms with E-state index in [4.69, 9.17) is 9.72 Å². The summed E-state index contributed by atoms with van der Waals surface area (Å²) in [6.45, 7) is 5.91. The Kier molecular flexibility index (Phi) is 4.73. The van der Waals surface area contributed by atoms with Crippen molar-refractivity contribution in [2.75, 3.05) is 44.3 Å². The Morgan fingerprint density at radius 1 is 1.26 bits per heavy atom. The van der Waals surface area contributed by atoms with Gasteiger partial charge >= 0.3 is 0 Å². The van der Waals surface area contributed by atoms with Gasteiger partial charge in [0, 0.05) is 51.3 Å². The minimum Gasteiger partial charge on any atom is -0.378 e. The third kappa shape index (κ3) is 3.37. The highest BCUT2D eigenvalue weighted by Gasteiger charge is 2.26. The van der Waals surface area contributed by atoms with Gasteiger partial charge in [-0.05, 0) is 25.1 Å². The topological polar surface area (TPSA) is 79.7 Å². The number of fused-ring (bicyclic) bond motifs is 1. The zero-order valence-electron chi connectivity index (χ0n) is 15.8. The summed E-state index contributed by atoms with van der Waals surface area (Å²) in [7, 11) is 2.00. The molecule has 0 radical (unpaired) electrons. The minimum absolute atomic E-state index is 0.00696. The van der Waals surface area contributed by atoms with E-state index in [9.17, 15) is 9.59 Å². The second-order valence-electron chi connectivity index (χ2n) is 7.18. The quantitative estimate of drug-likeness (QED) is 0.843. The molecule has 3 heterocycles. The number of ether oxygens (including phenoxy) is 1. The SMILES string of the molecule is CC1CNC(=O)CCN1C(=O)c1ccc2c(c1)nc(N1CCOCC1)n2C. The van der Waals surface area contributed by atoms with Crippen LogP contribution in [0.5, 0.6) is 0 Å². The van der Waals surface area contributed by atoms with Gasteiger partial charge in [0.1, 0.15) is 0 Å². The monoisotopic (exact) mass is 371 g/mol. The maximum atomic E-state index is 13.0. The summed E-state index contributed by atoms with van der Waals surface area (Å²) in [5.41, 5.74) is 2.41. The van der Waals surface area contributed by atoms with E-state index >= 15 is 0 Å². The number of hydrogen-bond acceptors (Lipinski definition) is 5. The molecule has 0 aliphatic carbocycles. The number of benzene rings is 1. The van der Waals surface area contributed by atoms with Gasteiger partial charge in [-0.2, -0.15) is 0 Å². The van der Waals surface area contributed by atoms with E-state index in [0.717, 1.165) is 30.1 Å². The molecule has 2 aliphatic heterocycles. The zero-order chi connectivity index (χ0) is 19.0. The molecule has 2 saturated heterocycles. The fraction of sp³-hybridized carbons (Fsp3) is 0.526. The molecule has 4 rings (SSSR count). The third-order valence-corrected chi connectivity index (χ3v) is 5.37. The van der Waals surface area contributed by atoms with Gasteiger partial charge in [0.15, 0.2) is 0 Å². The molecule has 27 heavy (non-hydrogen) atoms. The summed E-state index contributed by atoms with van der Waals surface area (Å²) in [6, 6.07) is 5.62. The molecule has 2 amide bonds. The first-order chi connectivity index (χ1) is 13.0.